The Hall–Kier alpha value is -1.57. The summed E-state index contributed by atoms with van der Waals surface area (Å²) in [7, 11) is 1.76. The lowest BCUT2D eigenvalue weighted by atomic mass is 10.1. The maximum atomic E-state index is 4.19. The van der Waals surface area contributed by atoms with E-state index in [0.717, 1.165) is 18.2 Å². The molecule has 6 heteroatoms. The van der Waals surface area contributed by atoms with Crippen molar-refractivity contribution in [1.29, 1.82) is 0 Å². The van der Waals surface area contributed by atoms with Gasteiger partial charge in [-0.3, -0.25) is 10.1 Å². The van der Waals surface area contributed by atoms with Gasteiger partial charge in [-0.05, 0) is 24.1 Å². The number of guanidine groups is 1. The Morgan fingerprint density at radius 2 is 1.95 bits per heavy atom. The minimum atomic E-state index is 0. The summed E-state index contributed by atoms with van der Waals surface area (Å²) in [6, 6.07) is 10.2. The predicted octanol–water partition coefficient (Wildman–Crippen LogP) is 2.20. The van der Waals surface area contributed by atoms with Gasteiger partial charge in [-0.25, -0.2) is 0 Å². The first-order chi connectivity index (χ1) is 9.29. The molecule has 0 radical (unpaired) electrons. The third-order valence-corrected chi connectivity index (χ3v) is 2.94. The lowest BCUT2D eigenvalue weighted by Gasteiger charge is -2.12. The SMILES string of the molecule is CN=C(NCc1ccn[nH]1)NCc1ccccc1C.I. The second kappa shape index (κ2) is 8.57. The highest BCUT2D eigenvalue weighted by Crippen LogP contribution is 2.05. The van der Waals surface area contributed by atoms with Crippen molar-refractivity contribution in [2.75, 3.05) is 7.05 Å². The molecule has 0 saturated carbocycles. The van der Waals surface area contributed by atoms with Crippen LogP contribution in [0.5, 0.6) is 0 Å². The summed E-state index contributed by atoms with van der Waals surface area (Å²) in [5.41, 5.74) is 3.57. The normalized spacial score (nSPS) is 10.8. The lowest BCUT2D eigenvalue weighted by molar-refractivity contribution is 0.788. The number of aromatic nitrogens is 2. The van der Waals surface area contributed by atoms with E-state index >= 15 is 0 Å². The Bertz CT molecular complexity index is 536. The fourth-order valence-corrected chi connectivity index (χ4v) is 1.77. The van der Waals surface area contributed by atoms with Gasteiger partial charge < -0.3 is 10.6 Å². The fourth-order valence-electron chi connectivity index (χ4n) is 1.77. The van der Waals surface area contributed by atoms with Crippen LogP contribution in [-0.4, -0.2) is 23.2 Å². The number of rotatable bonds is 4. The molecule has 0 saturated heterocycles. The third kappa shape index (κ3) is 4.84. The highest BCUT2D eigenvalue weighted by molar-refractivity contribution is 14.0. The van der Waals surface area contributed by atoms with Gasteiger partial charge in [0.15, 0.2) is 5.96 Å². The Kier molecular flexibility index (Phi) is 7.06. The molecule has 0 atom stereocenters. The number of aromatic amines is 1. The molecule has 5 nitrogen and oxygen atoms in total. The van der Waals surface area contributed by atoms with Gasteiger partial charge in [0.1, 0.15) is 0 Å². The molecule has 0 aliphatic carbocycles. The minimum absolute atomic E-state index is 0. The summed E-state index contributed by atoms with van der Waals surface area (Å²) in [4.78, 5) is 4.19. The molecule has 3 N–H and O–H groups in total. The van der Waals surface area contributed by atoms with E-state index in [4.69, 9.17) is 0 Å². The van der Waals surface area contributed by atoms with Crippen LogP contribution in [0.4, 0.5) is 0 Å². The number of aryl methyl sites for hydroxylation is 1. The fraction of sp³-hybridized carbons (Fsp3) is 0.286. The largest absolute Gasteiger partial charge is 0.352 e. The van der Waals surface area contributed by atoms with Crippen LogP contribution in [0.1, 0.15) is 16.8 Å². The van der Waals surface area contributed by atoms with Gasteiger partial charge in [0.05, 0.1) is 12.2 Å². The molecule has 20 heavy (non-hydrogen) atoms. The van der Waals surface area contributed by atoms with Crippen molar-refractivity contribution in [2.24, 2.45) is 4.99 Å². The van der Waals surface area contributed by atoms with Crippen LogP contribution < -0.4 is 10.6 Å². The van der Waals surface area contributed by atoms with Crippen LogP contribution >= 0.6 is 24.0 Å². The summed E-state index contributed by atoms with van der Waals surface area (Å²) in [5.74, 6) is 0.776. The number of hydrogen-bond donors (Lipinski definition) is 3. The summed E-state index contributed by atoms with van der Waals surface area (Å²) >= 11 is 0. The Balaban J connectivity index is 0.00000200. The number of aliphatic imine (C=N–C) groups is 1. The zero-order valence-corrected chi connectivity index (χ0v) is 14.0. The molecular formula is C14H20IN5. The Morgan fingerprint density at radius 1 is 1.20 bits per heavy atom. The second-order valence-corrected chi connectivity index (χ2v) is 4.29. The van der Waals surface area contributed by atoms with Crippen molar-refractivity contribution in [3.63, 3.8) is 0 Å². The highest BCUT2D eigenvalue weighted by atomic mass is 127. The van der Waals surface area contributed by atoms with Crippen LogP contribution in [0, 0.1) is 6.92 Å². The average molecular weight is 385 g/mol. The molecule has 1 aromatic heterocycles. The van der Waals surface area contributed by atoms with Gasteiger partial charge in [0.25, 0.3) is 0 Å². The first kappa shape index (κ1) is 16.5. The zero-order chi connectivity index (χ0) is 13.5. The van der Waals surface area contributed by atoms with E-state index < -0.39 is 0 Å². The summed E-state index contributed by atoms with van der Waals surface area (Å²) in [6.07, 6.45) is 1.74. The van der Waals surface area contributed by atoms with Gasteiger partial charge in [0.2, 0.25) is 0 Å². The molecule has 0 amide bonds. The topological polar surface area (TPSA) is 65.1 Å². The molecule has 2 rings (SSSR count). The average Bonchev–Trinajstić information content (AvgIpc) is 2.94. The number of hydrogen-bond acceptors (Lipinski definition) is 2. The van der Waals surface area contributed by atoms with Crippen LogP contribution in [-0.2, 0) is 13.1 Å². The van der Waals surface area contributed by atoms with E-state index in [1.165, 1.54) is 11.1 Å². The lowest BCUT2D eigenvalue weighted by Crippen LogP contribution is -2.36. The third-order valence-electron chi connectivity index (χ3n) is 2.94. The Morgan fingerprint density at radius 3 is 2.60 bits per heavy atom. The molecule has 2 aromatic rings. The Labute approximate surface area is 136 Å². The van der Waals surface area contributed by atoms with E-state index in [0.29, 0.717) is 6.54 Å². The van der Waals surface area contributed by atoms with Crippen molar-refractivity contribution < 1.29 is 0 Å². The van der Waals surface area contributed by atoms with E-state index in [1.807, 2.05) is 18.2 Å². The van der Waals surface area contributed by atoms with Crippen molar-refractivity contribution in [1.82, 2.24) is 20.8 Å². The van der Waals surface area contributed by atoms with Crippen LogP contribution in [0.15, 0.2) is 41.5 Å². The molecule has 1 heterocycles. The van der Waals surface area contributed by atoms with Gasteiger partial charge >= 0.3 is 0 Å². The van der Waals surface area contributed by atoms with Gasteiger partial charge in [0, 0.05) is 19.8 Å². The van der Waals surface area contributed by atoms with E-state index in [-0.39, 0.29) is 24.0 Å². The molecule has 108 valence electrons. The van der Waals surface area contributed by atoms with Crippen molar-refractivity contribution in [2.45, 2.75) is 20.0 Å². The molecule has 0 unspecified atom stereocenters. The summed E-state index contributed by atoms with van der Waals surface area (Å²) < 4.78 is 0. The van der Waals surface area contributed by atoms with Gasteiger partial charge in [-0.15, -0.1) is 24.0 Å². The van der Waals surface area contributed by atoms with Gasteiger partial charge in [-0.1, -0.05) is 24.3 Å². The van der Waals surface area contributed by atoms with Crippen molar-refractivity contribution in [3.05, 3.63) is 53.3 Å². The van der Waals surface area contributed by atoms with E-state index in [2.05, 4.69) is 44.9 Å². The highest BCUT2D eigenvalue weighted by Gasteiger charge is 2.01. The predicted molar refractivity (Wildman–Crippen MR) is 92.2 cm³/mol. The standard InChI is InChI=1S/C14H19N5.HI/c1-11-5-3-4-6-12(11)9-16-14(15-2)17-10-13-7-8-18-19-13;/h3-8H,9-10H2,1-2H3,(H,18,19)(H2,15,16,17);1H. The minimum Gasteiger partial charge on any atom is -0.352 e. The molecule has 0 bridgehead atoms. The second-order valence-electron chi connectivity index (χ2n) is 4.29. The zero-order valence-electron chi connectivity index (χ0n) is 11.7. The van der Waals surface area contributed by atoms with E-state index in [9.17, 15) is 0 Å². The van der Waals surface area contributed by atoms with Crippen LogP contribution in [0.3, 0.4) is 0 Å². The maximum Gasteiger partial charge on any atom is 0.191 e. The molecule has 0 fully saturated rings. The van der Waals surface area contributed by atoms with Crippen LogP contribution in [0.2, 0.25) is 0 Å². The maximum absolute atomic E-state index is 4.19. The molecule has 1 aromatic carbocycles. The molecule has 0 aliphatic rings. The number of nitrogens with zero attached hydrogens (tertiary/aromatic N) is 2. The smallest absolute Gasteiger partial charge is 0.191 e. The quantitative estimate of drug-likeness (QED) is 0.430. The molecule has 0 spiro atoms. The van der Waals surface area contributed by atoms with Crippen molar-refractivity contribution in [3.8, 4) is 0 Å². The molecular weight excluding hydrogens is 365 g/mol. The van der Waals surface area contributed by atoms with Crippen molar-refractivity contribution >= 4 is 29.9 Å². The first-order valence-electron chi connectivity index (χ1n) is 6.27. The monoisotopic (exact) mass is 385 g/mol. The molecule has 0 aliphatic heterocycles. The number of benzene rings is 1. The van der Waals surface area contributed by atoms with Crippen LogP contribution in [0.25, 0.3) is 0 Å². The summed E-state index contributed by atoms with van der Waals surface area (Å²) in [6.45, 7) is 3.54. The number of halogens is 1. The number of H-pyrrole nitrogens is 1. The van der Waals surface area contributed by atoms with Gasteiger partial charge in [-0.2, -0.15) is 5.10 Å². The van der Waals surface area contributed by atoms with E-state index in [1.54, 1.807) is 13.2 Å². The number of nitrogens with one attached hydrogen (secondary N) is 3. The summed E-state index contributed by atoms with van der Waals surface area (Å²) in [5, 5.41) is 13.3. The first-order valence-corrected chi connectivity index (χ1v) is 6.27.